The number of aromatic amines is 1. The molecule has 0 bridgehead atoms. The minimum atomic E-state index is -4.55. The van der Waals surface area contributed by atoms with E-state index in [0.717, 1.165) is 91.0 Å². The predicted molar refractivity (Wildman–Crippen MR) is 240 cm³/mol. The second kappa shape index (κ2) is 17.9. The summed E-state index contributed by atoms with van der Waals surface area (Å²) in [6, 6.07) is 9.39. The van der Waals surface area contributed by atoms with Crippen molar-refractivity contribution in [3.05, 3.63) is 100 Å². The third kappa shape index (κ3) is 8.69. The SMILES string of the molecule is Cc1ccc(-n2cc(C(=O)NCc3nc(C(C)(C)C(F)(F)F)n[nH]3)cn2)c(C)c1-c1ccnc(N2CCC(CN3CCN(c4cc5c(cc4F)C(=O)N(C4CCC(=O)NC4=O)C5=O)CC3)CC2)c1. The summed E-state index contributed by atoms with van der Waals surface area (Å²) in [5, 5.41) is 15.5. The molecule has 5 aromatic rings. The standard InChI is InChI=1S/C47H50F4N12O5/c1-26-5-6-34(62-25-30(22-54-62)41(65)53-23-37-55-45(58-57-37)46(3,4)47(49,50)51)27(2)40(26)29-9-12-52-38(19-29)61-13-10-28(11-14-61)24-59-15-17-60(18-16-59)36-21-32-31(20-33(36)48)43(67)63(44(32)68)35-7-8-39(64)56-42(35)66/h5-6,9,12,19-22,25,28,35H,7-8,10-11,13-18,23-24H2,1-4H3,(H,53,65)(H,55,57,58)(H,56,64,66). The fraction of sp³-hybridized carbons (Fsp3) is 0.426. The van der Waals surface area contributed by atoms with E-state index in [2.05, 4.69) is 46.8 Å². The minimum Gasteiger partial charge on any atom is -0.367 e. The molecule has 0 radical (unpaired) electrons. The topological polar surface area (TPSA) is 195 Å². The van der Waals surface area contributed by atoms with E-state index in [4.69, 9.17) is 4.98 Å². The molecule has 1 atom stereocenters. The van der Waals surface area contributed by atoms with Crippen molar-refractivity contribution < 1.29 is 41.5 Å². The number of anilines is 2. The number of hydrogen-bond acceptors (Lipinski definition) is 12. The molecule has 68 heavy (non-hydrogen) atoms. The molecule has 2 aromatic carbocycles. The zero-order valence-electron chi connectivity index (χ0n) is 37.9. The van der Waals surface area contributed by atoms with Gasteiger partial charge in [-0.15, -0.1) is 0 Å². The number of aryl methyl sites for hydroxylation is 1. The van der Waals surface area contributed by atoms with Crippen LogP contribution in [0.5, 0.6) is 0 Å². The number of piperazine rings is 1. The predicted octanol–water partition coefficient (Wildman–Crippen LogP) is 5.02. The number of fused-ring (bicyclic) bond motifs is 1. The summed E-state index contributed by atoms with van der Waals surface area (Å²) >= 11 is 0. The van der Waals surface area contributed by atoms with E-state index in [1.165, 1.54) is 12.3 Å². The van der Waals surface area contributed by atoms with Crippen LogP contribution in [0.15, 0.2) is 55.0 Å². The van der Waals surface area contributed by atoms with Crippen LogP contribution in [0.25, 0.3) is 16.8 Å². The van der Waals surface area contributed by atoms with Crippen molar-refractivity contribution in [3.8, 4) is 16.8 Å². The zero-order valence-corrected chi connectivity index (χ0v) is 37.9. The van der Waals surface area contributed by atoms with Crippen molar-refractivity contribution in [3.63, 3.8) is 0 Å². The maximum absolute atomic E-state index is 15.5. The Morgan fingerprint density at radius 3 is 2.31 bits per heavy atom. The highest BCUT2D eigenvalue weighted by molar-refractivity contribution is 6.23. The van der Waals surface area contributed by atoms with Gasteiger partial charge in [-0.05, 0) is 105 Å². The number of carbonyl (C=O) groups is 5. The number of hydrogen-bond donors (Lipinski definition) is 3. The summed E-state index contributed by atoms with van der Waals surface area (Å²) in [6.45, 7) is 10.9. The second-order valence-electron chi connectivity index (χ2n) is 18.4. The van der Waals surface area contributed by atoms with Crippen molar-refractivity contribution >= 4 is 41.0 Å². The van der Waals surface area contributed by atoms with Crippen molar-refractivity contribution in [2.45, 2.75) is 77.6 Å². The number of alkyl halides is 3. The molecule has 3 aromatic heterocycles. The molecule has 3 saturated heterocycles. The van der Waals surface area contributed by atoms with Gasteiger partial charge in [0.2, 0.25) is 11.8 Å². The van der Waals surface area contributed by atoms with Crippen molar-refractivity contribution in [2.24, 2.45) is 5.92 Å². The van der Waals surface area contributed by atoms with Gasteiger partial charge >= 0.3 is 6.18 Å². The van der Waals surface area contributed by atoms with E-state index in [9.17, 15) is 37.1 Å². The third-order valence-corrected chi connectivity index (χ3v) is 13.7. The van der Waals surface area contributed by atoms with E-state index in [1.807, 2.05) is 43.1 Å². The maximum Gasteiger partial charge on any atom is 0.401 e. The molecule has 0 saturated carbocycles. The Morgan fingerprint density at radius 1 is 0.882 bits per heavy atom. The molecule has 17 nitrogen and oxygen atoms in total. The van der Waals surface area contributed by atoms with E-state index >= 15 is 4.39 Å². The van der Waals surface area contributed by atoms with Crippen LogP contribution < -0.4 is 20.4 Å². The molecule has 1 unspecified atom stereocenters. The monoisotopic (exact) mass is 938 g/mol. The van der Waals surface area contributed by atoms with Crippen LogP contribution >= 0.6 is 0 Å². The van der Waals surface area contributed by atoms with Crippen LogP contribution in [0.1, 0.15) is 93.4 Å². The lowest BCUT2D eigenvalue weighted by atomic mass is 9.92. The maximum atomic E-state index is 15.5. The number of aromatic nitrogens is 6. The number of benzene rings is 2. The van der Waals surface area contributed by atoms with E-state index in [-0.39, 0.29) is 47.6 Å². The van der Waals surface area contributed by atoms with E-state index in [0.29, 0.717) is 32.1 Å². The molecule has 4 aliphatic rings. The highest BCUT2D eigenvalue weighted by Crippen LogP contribution is 2.39. The second-order valence-corrected chi connectivity index (χ2v) is 18.4. The smallest absolute Gasteiger partial charge is 0.367 e. The number of H-pyrrole nitrogens is 1. The van der Waals surface area contributed by atoms with Gasteiger partial charge in [-0.1, -0.05) is 6.07 Å². The Bertz CT molecular complexity index is 2820. The number of nitrogens with one attached hydrogen (secondary N) is 3. The van der Waals surface area contributed by atoms with Gasteiger partial charge in [-0.3, -0.25) is 44.2 Å². The average Bonchev–Trinajstić information content (AvgIpc) is 4.05. The van der Waals surface area contributed by atoms with Gasteiger partial charge in [-0.2, -0.15) is 23.4 Å². The Kier molecular flexibility index (Phi) is 12.1. The lowest BCUT2D eigenvalue weighted by molar-refractivity contribution is -0.182. The van der Waals surface area contributed by atoms with Crippen molar-refractivity contribution in [1.29, 1.82) is 0 Å². The molecule has 356 valence electrons. The van der Waals surface area contributed by atoms with Gasteiger partial charge in [0, 0.05) is 64.6 Å². The molecular formula is C47H50F4N12O5. The molecule has 0 aliphatic carbocycles. The number of pyridine rings is 1. The zero-order chi connectivity index (χ0) is 48.2. The first-order valence-corrected chi connectivity index (χ1v) is 22.5. The molecule has 3 N–H and O–H groups in total. The van der Waals surface area contributed by atoms with Gasteiger partial charge in [0.1, 0.15) is 28.9 Å². The van der Waals surface area contributed by atoms with Crippen LogP contribution in [0.3, 0.4) is 0 Å². The number of rotatable bonds is 11. The third-order valence-electron chi connectivity index (χ3n) is 13.7. The normalized spacial score (nSPS) is 18.6. The fourth-order valence-electron chi connectivity index (χ4n) is 9.50. The van der Waals surface area contributed by atoms with Gasteiger partial charge in [0.25, 0.3) is 17.7 Å². The van der Waals surface area contributed by atoms with Crippen LogP contribution in [-0.2, 0) is 21.5 Å². The lowest BCUT2D eigenvalue weighted by Gasteiger charge is -2.40. The summed E-state index contributed by atoms with van der Waals surface area (Å²) < 4.78 is 57.6. The highest BCUT2D eigenvalue weighted by atomic mass is 19.4. The molecule has 3 fully saturated rings. The van der Waals surface area contributed by atoms with Crippen LogP contribution in [-0.4, -0.2) is 127 Å². The van der Waals surface area contributed by atoms with Crippen LogP contribution in [0.4, 0.5) is 29.1 Å². The first-order valence-electron chi connectivity index (χ1n) is 22.5. The molecular weight excluding hydrogens is 889 g/mol. The average molecular weight is 939 g/mol. The van der Waals surface area contributed by atoms with Gasteiger partial charge in [0.05, 0.1) is 40.8 Å². The summed E-state index contributed by atoms with van der Waals surface area (Å²) in [6.07, 6.45) is 2.23. The summed E-state index contributed by atoms with van der Waals surface area (Å²) in [4.78, 5) is 79.9. The summed E-state index contributed by atoms with van der Waals surface area (Å²) in [7, 11) is 0. The van der Waals surface area contributed by atoms with Gasteiger partial charge < -0.3 is 15.1 Å². The number of carbonyl (C=O) groups excluding carboxylic acids is 5. The largest absolute Gasteiger partial charge is 0.401 e. The highest BCUT2D eigenvalue weighted by Gasteiger charge is 2.51. The summed E-state index contributed by atoms with van der Waals surface area (Å²) in [5.74, 6) is -2.68. The van der Waals surface area contributed by atoms with Crippen LogP contribution in [0, 0.1) is 25.6 Å². The molecule has 5 amide bonds. The molecule has 7 heterocycles. The number of imide groups is 2. The number of amides is 5. The quantitative estimate of drug-likeness (QED) is 0.119. The molecule has 21 heteroatoms. The van der Waals surface area contributed by atoms with E-state index < -0.39 is 58.8 Å². The first-order chi connectivity index (χ1) is 32.4. The Hall–Kier alpha value is -7.03. The molecule has 4 aliphatic heterocycles. The minimum absolute atomic E-state index is 0.000161. The number of piperidine rings is 2. The molecule has 0 spiro atoms. The van der Waals surface area contributed by atoms with Crippen molar-refractivity contribution in [2.75, 3.05) is 55.6 Å². The Morgan fingerprint density at radius 2 is 1.60 bits per heavy atom. The summed E-state index contributed by atoms with van der Waals surface area (Å²) in [5.41, 5.74) is 2.96. The lowest BCUT2D eigenvalue weighted by Crippen LogP contribution is -2.54. The fourth-order valence-corrected chi connectivity index (χ4v) is 9.50. The number of halogens is 4. The van der Waals surface area contributed by atoms with E-state index in [1.54, 1.807) is 10.9 Å². The van der Waals surface area contributed by atoms with Crippen LogP contribution in [0.2, 0.25) is 0 Å². The van der Waals surface area contributed by atoms with Gasteiger partial charge in [-0.25, -0.2) is 19.0 Å². The number of nitrogens with zero attached hydrogens (tertiary/aromatic N) is 9. The Balaban J connectivity index is 0.784. The van der Waals surface area contributed by atoms with Crippen molar-refractivity contribution in [1.82, 2.24) is 50.4 Å². The molecule has 9 rings (SSSR count). The Labute approximate surface area is 388 Å². The first kappa shape index (κ1) is 46.1. The van der Waals surface area contributed by atoms with Gasteiger partial charge in [0.15, 0.2) is 5.82 Å².